The molecule has 13 heteroatoms. The molecular formula is C33H36N4O7S2. The Hall–Kier alpha value is -4.36. The van der Waals surface area contributed by atoms with Crippen LogP contribution in [0.15, 0.2) is 82.1 Å². The molecule has 0 radical (unpaired) electrons. The predicted molar refractivity (Wildman–Crippen MR) is 175 cm³/mol. The second-order valence-corrected chi connectivity index (χ2v) is 16.2. The van der Waals surface area contributed by atoms with E-state index < -0.39 is 49.0 Å². The van der Waals surface area contributed by atoms with Gasteiger partial charge in [0.25, 0.3) is 10.0 Å². The topological polar surface area (TPSA) is 159 Å². The van der Waals surface area contributed by atoms with E-state index in [0.29, 0.717) is 12.0 Å². The number of fused-ring (bicyclic) bond motifs is 2. The fraction of sp³-hybridized carbons (Fsp3) is 0.333. The van der Waals surface area contributed by atoms with Gasteiger partial charge in [0.2, 0.25) is 15.9 Å². The second kappa shape index (κ2) is 11.8. The van der Waals surface area contributed by atoms with Gasteiger partial charge in [-0.25, -0.2) is 8.42 Å². The van der Waals surface area contributed by atoms with Crippen LogP contribution in [0.4, 0.5) is 11.4 Å². The number of nitrogens with zero attached hydrogens (tertiary/aromatic N) is 2. The van der Waals surface area contributed by atoms with Crippen molar-refractivity contribution in [3.8, 4) is 0 Å². The van der Waals surface area contributed by atoms with Gasteiger partial charge in [0, 0.05) is 24.7 Å². The monoisotopic (exact) mass is 664 g/mol. The first kappa shape index (κ1) is 33.0. The van der Waals surface area contributed by atoms with Crippen molar-refractivity contribution in [2.45, 2.75) is 57.5 Å². The summed E-state index contributed by atoms with van der Waals surface area (Å²) in [6.07, 6.45) is 1.59. The molecule has 5 rings (SSSR count). The molecule has 2 unspecified atom stereocenters. The van der Waals surface area contributed by atoms with Gasteiger partial charge < -0.3 is 10.2 Å². The van der Waals surface area contributed by atoms with Crippen LogP contribution in [-0.2, 0) is 41.7 Å². The third-order valence-electron chi connectivity index (χ3n) is 8.15. The van der Waals surface area contributed by atoms with Gasteiger partial charge >= 0.3 is 0 Å². The Kier molecular flexibility index (Phi) is 8.45. The van der Waals surface area contributed by atoms with Crippen molar-refractivity contribution in [1.82, 2.24) is 4.90 Å². The summed E-state index contributed by atoms with van der Waals surface area (Å²) in [6.45, 7) is 7.49. The third-order valence-corrected chi connectivity index (χ3v) is 10.1. The molecule has 1 aliphatic carbocycles. The first-order chi connectivity index (χ1) is 21.4. The maximum Gasteiger partial charge on any atom is 0.286 e. The van der Waals surface area contributed by atoms with Gasteiger partial charge in [-0.1, -0.05) is 75.4 Å². The molecule has 3 aromatic carbocycles. The summed E-state index contributed by atoms with van der Waals surface area (Å²) in [7, 11) is -8.20. The molecule has 11 nitrogen and oxygen atoms in total. The highest BCUT2D eigenvalue weighted by Gasteiger charge is 2.58. The molecule has 0 fully saturated rings. The summed E-state index contributed by atoms with van der Waals surface area (Å²) in [5.41, 5.74) is -0.528. The number of carbonyl (C=O) groups excluding carboxylic acids is 3. The van der Waals surface area contributed by atoms with Crippen molar-refractivity contribution < 1.29 is 31.2 Å². The molecule has 2 aliphatic rings. The third kappa shape index (κ3) is 6.34. The van der Waals surface area contributed by atoms with Gasteiger partial charge in [0.05, 0.1) is 11.9 Å². The van der Waals surface area contributed by atoms with E-state index in [9.17, 15) is 26.4 Å². The molecule has 2 atom stereocenters. The summed E-state index contributed by atoms with van der Waals surface area (Å²) in [5.74, 6) is -3.76. The number of sulfonamides is 2. The number of ketones is 2. The number of carbonyl (C=O) groups is 3. The maximum absolute atomic E-state index is 15.1. The van der Waals surface area contributed by atoms with Gasteiger partial charge in [0.15, 0.2) is 11.6 Å². The molecule has 0 spiro atoms. The number of hydrogen-bond donors (Lipinski definition) is 2. The molecule has 0 aromatic heterocycles. The number of Topliss-reactive ketones (excluding diaryl/α,β-unsaturated/α-hetero) is 2. The zero-order valence-corrected chi connectivity index (χ0v) is 27.8. The molecule has 1 aliphatic heterocycles. The molecular weight excluding hydrogens is 629 g/mol. The summed E-state index contributed by atoms with van der Waals surface area (Å²) in [5, 5.41) is 2.88. The number of hydrogen-bond acceptors (Lipinski definition) is 8. The lowest BCUT2D eigenvalue weighted by Gasteiger charge is -2.48. The number of amides is 1. The Morgan fingerprint density at radius 2 is 1.67 bits per heavy atom. The van der Waals surface area contributed by atoms with Gasteiger partial charge in [-0.2, -0.15) is 8.42 Å². The minimum Gasteiger partial charge on any atom is -0.341 e. The standard InChI is InChI=1S/C33H36N4O7S2/c1-21(38)37(20-22-11-7-6-8-12-22)33(18-17-32(2,3)4)25-14-10-9-13-24(25)29(39)28(30(33)40)31-34-26-16-15-23(35-45(5,41)42)19-27(26)46(43,44)36-31/h6-16,19,28,35H,17-18,20H2,1-5H3,(H,34,36). The van der Waals surface area contributed by atoms with Gasteiger partial charge in [-0.05, 0) is 47.6 Å². The van der Waals surface area contributed by atoms with E-state index in [2.05, 4.69) is 14.4 Å². The molecule has 46 heavy (non-hydrogen) atoms. The van der Waals surface area contributed by atoms with E-state index in [0.717, 1.165) is 17.9 Å². The van der Waals surface area contributed by atoms with Crippen LogP contribution in [-0.4, -0.2) is 51.3 Å². The molecule has 3 aromatic rings. The quantitative estimate of drug-likeness (QED) is 0.327. The number of nitrogens with one attached hydrogen (secondary N) is 2. The van der Waals surface area contributed by atoms with Gasteiger partial charge in [-0.3, -0.25) is 19.1 Å². The van der Waals surface area contributed by atoms with Crippen LogP contribution >= 0.6 is 0 Å². The van der Waals surface area contributed by atoms with Crippen LogP contribution in [0.5, 0.6) is 0 Å². The highest BCUT2D eigenvalue weighted by Crippen LogP contribution is 2.47. The van der Waals surface area contributed by atoms with E-state index in [1.807, 2.05) is 51.1 Å². The minimum absolute atomic E-state index is 0.00299. The molecule has 0 bridgehead atoms. The van der Waals surface area contributed by atoms with E-state index in [-0.39, 0.29) is 46.0 Å². The summed E-state index contributed by atoms with van der Waals surface area (Å²) in [4.78, 5) is 44.0. The Labute approximate surface area is 269 Å². The Morgan fingerprint density at radius 3 is 2.30 bits per heavy atom. The van der Waals surface area contributed by atoms with Crippen LogP contribution in [0.3, 0.4) is 0 Å². The molecule has 0 saturated heterocycles. The van der Waals surface area contributed by atoms with Crippen LogP contribution in [0.25, 0.3) is 0 Å². The lowest BCUT2D eigenvalue weighted by Crippen LogP contribution is -2.61. The Bertz CT molecular complexity index is 1990. The smallest absolute Gasteiger partial charge is 0.286 e. The number of amidine groups is 1. The Balaban J connectivity index is 1.70. The highest BCUT2D eigenvalue weighted by molar-refractivity contribution is 7.92. The fourth-order valence-electron chi connectivity index (χ4n) is 6.04. The van der Waals surface area contributed by atoms with Crippen molar-refractivity contribution in [3.63, 3.8) is 0 Å². The fourth-order valence-corrected chi connectivity index (χ4v) is 7.78. The van der Waals surface area contributed by atoms with Crippen LogP contribution < -0.4 is 10.0 Å². The second-order valence-electron chi connectivity index (χ2n) is 12.9. The van der Waals surface area contributed by atoms with Crippen LogP contribution in [0.1, 0.15) is 62.0 Å². The van der Waals surface area contributed by atoms with Crippen molar-refractivity contribution in [2.75, 3.05) is 16.3 Å². The van der Waals surface area contributed by atoms with E-state index in [4.69, 9.17) is 0 Å². The lowest BCUT2D eigenvalue weighted by molar-refractivity contribution is -0.149. The van der Waals surface area contributed by atoms with E-state index in [1.165, 1.54) is 24.0 Å². The summed E-state index contributed by atoms with van der Waals surface area (Å²) >= 11 is 0. The van der Waals surface area contributed by atoms with Crippen molar-refractivity contribution >= 4 is 54.7 Å². The van der Waals surface area contributed by atoms with Gasteiger partial charge in [0.1, 0.15) is 22.2 Å². The molecule has 242 valence electrons. The summed E-state index contributed by atoms with van der Waals surface area (Å²) in [6, 6.07) is 19.6. The SMILES string of the molecule is CC(=O)N(Cc1ccccc1)C1(CCC(C)(C)C)C(=O)C(C2=NS(=O)(=O)c3cc(NS(C)(=O)=O)ccc3N2)C(=O)c2ccccc21. The van der Waals surface area contributed by atoms with Gasteiger partial charge in [-0.15, -0.1) is 4.40 Å². The first-order valence-electron chi connectivity index (χ1n) is 14.7. The molecule has 2 N–H and O–H groups in total. The number of benzene rings is 3. The maximum atomic E-state index is 15.1. The largest absolute Gasteiger partial charge is 0.341 e. The molecule has 1 heterocycles. The van der Waals surface area contributed by atoms with Crippen LogP contribution in [0.2, 0.25) is 0 Å². The predicted octanol–water partition coefficient (Wildman–Crippen LogP) is 4.72. The average molecular weight is 665 g/mol. The van der Waals surface area contributed by atoms with E-state index >= 15 is 4.79 Å². The van der Waals surface area contributed by atoms with Crippen molar-refractivity contribution in [3.05, 3.63) is 89.5 Å². The van der Waals surface area contributed by atoms with Crippen molar-refractivity contribution in [2.24, 2.45) is 15.7 Å². The van der Waals surface area contributed by atoms with Crippen LogP contribution in [0, 0.1) is 11.3 Å². The first-order valence-corrected chi connectivity index (χ1v) is 18.0. The molecule has 1 amide bonds. The summed E-state index contributed by atoms with van der Waals surface area (Å²) < 4.78 is 56.7. The highest BCUT2D eigenvalue weighted by atomic mass is 32.2. The lowest BCUT2D eigenvalue weighted by atomic mass is 9.65. The normalized spacial score (nSPS) is 20.5. The number of rotatable bonds is 8. The Morgan fingerprint density at radius 1 is 1.02 bits per heavy atom. The zero-order chi connectivity index (χ0) is 33.7. The van der Waals surface area contributed by atoms with Crippen molar-refractivity contribution in [1.29, 1.82) is 0 Å². The van der Waals surface area contributed by atoms with E-state index in [1.54, 1.807) is 24.3 Å². The molecule has 0 saturated carbocycles. The minimum atomic E-state index is -4.50. The average Bonchev–Trinajstić information content (AvgIpc) is 2.96. The zero-order valence-electron chi connectivity index (χ0n) is 26.2. The number of anilines is 2.